The van der Waals surface area contributed by atoms with Crippen LogP contribution in [0.1, 0.15) is 39.3 Å². The van der Waals surface area contributed by atoms with Gasteiger partial charge in [-0.2, -0.15) is 0 Å². The van der Waals surface area contributed by atoms with E-state index in [0.717, 1.165) is 18.0 Å². The summed E-state index contributed by atoms with van der Waals surface area (Å²) in [7, 11) is 0. The number of nitrogens with one attached hydrogen (secondary N) is 1. The Bertz CT molecular complexity index is 361. The molecule has 0 saturated heterocycles. The van der Waals surface area contributed by atoms with Gasteiger partial charge >= 0.3 is 0 Å². The third kappa shape index (κ3) is 3.76. The van der Waals surface area contributed by atoms with Crippen molar-refractivity contribution in [1.29, 1.82) is 0 Å². The van der Waals surface area contributed by atoms with Gasteiger partial charge in [-0.05, 0) is 33.8 Å². The predicted octanol–water partition coefficient (Wildman–Crippen LogP) is 3.14. The van der Waals surface area contributed by atoms with Crippen molar-refractivity contribution < 1.29 is 8.78 Å². The van der Waals surface area contributed by atoms with Crippen LogP contribution in [0.4, 0.5) is 8.78 Å². The van der Waals surface area contributed by atoms with Gasteiger partial charge in [0.15, 0.2) is 11.6 Å². The maximum Gasteiger partial charge on any atom is 0.163 e. The van der Waals surface area contributed by atoms with Gasteiger partial charge in [0.1, 0.15) is 4.75 Å². The van der Waals surface area contributed by atoms with E-state index in [2.05, 4.69) is 25.5 Å². The molecule has 0 aliphatic carbocycles. The summed E-state index contributed by atoms with van der Waals surface area (Å²) in [5, 5.41) is 0. The van der Waals surface area contributed by atoms with Crippen LogP contribution in [-0.2, 0) is 11.9 Å². The number of benzene rings is 1. The van der Waals surface area contributed by atoms with Crippen molar-refractivity contribution in [3.05, 3.63) is 35.4 Å². The molecular weight excluding hydrogens is 228 g/mol. The van der Waals surface area contributed by atoms with E-state index >= 15 is 0 Å². The molecule has 1 N–H and O–H groups in total. The van der Waals surface area contributed by atoms with Crippen molar-refractivity contribution in [3.63, 3.8) is 0 Å². The Hall–Kier alpha value is -0.610. The monoisotopic (exact) mass is 246 g/mol. The summed E-state index contributed by atoms with van der Waals surface area (Å²) < 4.78 is 29.7. The molecular formula is C12H18F2NS+. The van der Waals surface area contributed by atoms with Crippen LogP contribution >= 0.6 is 0 Å². The highest BCUT2D eigenvalue weighted by Crippen LogP contribution is 2.20. The van der Waals surface area contributed by atoms with Crippen LogP contribution in [0.5, 0.6) is 0 Å². The van der Waals surface area contributed by atoms with E-state index < -0.39 is 11.6 Å². The van der Waals surface area contributed by atoms with E-state index in [1.165, 1.54) is 6.07 Å². The van der Waals surface area contributed by atoms with E-state index in [-0.39, 0.29) is 10.8 Å². The Kier molecular flexibility index (Phi) is 4.33. The van der Waals surface area contributed by atoms with Gasteiger partial charge in [0, 0.05) is 5.56 Å². The van der Waals surface area contributed by atoms with Crippen LogP contribution in [0, 0.1) is 11.6 Å². The number of halogens is 2. The summed E-state index contributed by atoms with van der Waals surface area (Å²) >= 11 is 1.01. The Morgan fingerprint density at radius 3 is 2.44 bits per heavy atom. The maximum atomic E-state index is 13.5. The average molecular weight is 246 g/mol. The molecule has 90 valence electrons. The number of rotatable bonds is 3. The average Bonchev–Trinajstić information content (AvgIpc) is 2.17. The smallest absolute Gasteiger partial charge is 0.163 e. The zero-order chi connectivity index (χ0) is 12.3. The molecule has 1 rings (SSSR count). The van der Waals surface area contributed by atoms with Gasteiger partial charge in [0.2, 0.25) is 0 Å². The van der Waals surface area contributed by atoms with Gasteiger partial charge in [-0.1, -0.05) is 12.1 Å². The fourth-order valence-corrected chi connectivity index (χ4v) is 1.93. The van der Waals surface area contributed by atoms with E-state index in [1.54, 1.807) is 6.07 Å². The Labute approximate surface area is 99.8 Å². The highest BCUT2D eigenvalue weighted by atomic mass is 32.2. The Balaban J connectivity index is 2.73. The molecule has 0 bridgehead atoms. The number of hydrogen-bond donors (Lipinski definition) is 1. The molecule has 0 amide bonds. The summed E-state index contributed by atoms with van der Waals surface area (Å²) in [5.74, 6) is -1.55. The molecule has 1 aromatic carbocycles. The molecule has 1 atom stereocenters. The number of hydrogen-bond acceptors (Lipinski definition) is 1. The zero-order valence-electron chi connectivity index (χ0n) is 10.0. The molecule has 0 aliphatic rings. The number of thiol groups is 1. The molecule has 4 heteroatoms. The first-order valence-electron chi connectivity index (χ1n) is 5.22. The van der Waals surface area contributed by atoms with Crippen LogP contribution in [0.25, 0.3) is 0 Å². The minimum Gasteiger partial charge on any atom is -0.204 e. The highest BCUT2D eigenvalue weighted by Gasteiger charge is 2.23. The molecule has 1 aromatic rings. The fraction of sp³-hybridized carbons (Fsp3) is 0.500. The van der Waals surface area contributed by atoms with Gasteiger partial charge in [-0.25, -0.2) is 8.78 Å². The van der Waals surface area contributed by atoms with Gasteiger partial charge < -0.3 is 0 Å². The molecule has 0 fully saturated rings. The third-order valence-electron chi connectivity index (χ3n) is 2.04. The van der Waals surface area contributed by atoms with Crippen molar-refractivity contribution >= 4 is 11.9 Å². The molecule has 0 aromatic heterocycles. The van der Waals surface area contributed by atoms with Gasteiger partial charge in [0.05, 0.1) is 18.0 Å². The summed E-state index contributed by atoms with van der Waals surface area (Å²) in [5.41, 5.74) is 0.372. The second-order valence-corrected chi connectivity index (χ2v) is 6.60. The first-order chi connectivity index (χ1) is 7.31. The van der Waals surface area contributed by atoms with Crippen LogP contribution < -0.4 is 4.72 Å². The lowest BCUT2D eigenvalue weighted by Gasteiger charge is -2.15. The van der Waals surface area contributed by atoms with Crippen molar-refractivity contribution in [3.8, 4) is 0 Å². The van der Waals surface area contributed by atoms with E-state index in [0.29, 0.717) is 5.56 Å². The summed E-state index contributed by atoms with van der Waals surface area (Å²) in [6, 6.07) is 4.07. The fourth-order valence-electron chi connectivity index (χ4n) is 1.21. The second kappa shape index (κ2) is 5.15. The largest absolute Gasteiger partial charge is 0.204 e. The summed E-state index contributed by atoms with van der Waals surface area (Å²) in [6.45, 7) is 8.07. The van der Waals surface area contributed by atoms with Crippen molar-refractivity contribution in [2.75, 3.05) is 0 Å². The topological polar surface area (TPSA) is 12.0 Å². The van der Waals surface area contributed by atoms with E-state index in [1.807, 2.05) is 6.92 Å². The second-order valence-electron chi connectivity index (χ2n) is 4.78. The van der Waals surface area contributed by atoms with Crippen LogP contribution in [0.2, 0.25) is 0 Å². The highest BCUT2D eigenvalue weighted by molar-refractivity contribution is 7.77. The molecule has 0 saturated carbocycles. The van der Waals surface area contributed by atoms with Gasteiger partial charge in [-0.3, -0.25) is 0 Å². The van der Waals surface area contributed by atoms with E-state index in [4.69, 9.17) is 0 Å². The summed E-state index contributed by atoms with van der Waals surface area (Å²) in [4.78, 5) is 0. The lowest BCUT2D eigenvalue weighted by molar-refractivity contribution is 0.489. The standard InChI is InChI=1S/C12H17F2NS/c1-8(15-16-12(2,3)4)9-6-5-7-10(13)11(9)14/h5-8,15H,1-4H3/p+1/t8-/m1/s1. The van der Waals surface area contributed by atoms with Crippen LogP contribution in [-0.4, -0.2) is 4.75 Å². The van der Waals surface area contributed by atoms with Crippen molar-refractivity contribution in [2.45, 2.75) is 38.5 Å². The molecule has 0 radical (unpaired) electrons. The molecule has 0 aliphatic heterocycles. The van der Waals surface area contributed by atoms with Crippen molar-refractivity contribution in [1.82, 2.24) is 4.72 Å². The first kappa shape index (κ1) is 13.5. The Morgan fingerprint density at radius 1 is 1.25 bits per heavy atom. The summed E-state index contributed by atoms with van der Waals surface area (Å²) in [6.07, 6.45) is 0. The minimum atomic E-state index is -0.793. The molecule has 0 unspecified atom stereocenters. The Morgan fingerprint density at radius 2 is 1.88 bits per heavy atom. The SMILES string of the molecule is C[C@@H](N[SH+]C(C)(C)C)c1cccc(F)c1F. The molecule has 16 heavy (non-hydrogen) atoms. The minimum absolute atomic E-state index is 0.0953. The normalized spacial score (nSPS) is 13.9. The quantitative estimate of drug-likeness (QED) is 0.638. The van der Waals surface area contributed by atoms with Crippen LogP contribution in [0.15, 0.2) is 18.2 Å². The maximum absolute atomic E-state index is 13.5. The lowest BCUT2D eigenvalue weighted by atomic mass is 10.1. The predicted molar refractivity (Wildman–Crippen MR) is 66.4 cm³/mol. The molecule has 1 nitrogen and oxygen atoms in total. The molecule has 0 spiro atoms. The van der Waals surface area contributed by atoms with E-state index in [9.17, 15) is 8.78 Å². The van der Waals surface area contributed by atoms with Gasteiger partial charge in [-0.15, -0.1) is 4.72 Å². The zero-order valence-corrected chi connectivity index (χ0v) is 10.9. The molecule has 0 heterocycles. The van der Waals surface area contributed by atoms with Crippen molar-refractivity contribution in [2.24, 2.45) is 0 Å². The third-order valence-corrected chi connectivity index (χ3v) is 3.23. The lowest BCUT2D eigenvalue weighted by Crippen LogP contribution is -2.30. The van der Waals surface area contributed by atoms with Crippen LogP contribution in [0.3, 0.4) is 0 Å². The first-order valence-corrected chi connectivity index (χ1v) is 6.12. The van der Waals surface area contributed by atoms with Gasteiger partial charge in [0.25, 0.3) is 0 Å².